The number of carbonyl (C=O) groups excluding carboxylic acids is 1. The second kappa shape index (κ2) is 6.84. The second-order valence-corrected chi connectivity index (χ2v) is 9.17. The molecule has 3 aliphatic rings. The normalized spacial score (nSPS) is 17.8. The van der Waals surface area contributed by atoms with E-state index in [1.807, 2.05) is 46.7 Å². The molecule has 1 saturated carbocycles. The lowest BCUT2D eigenvalue weighted by Gasteiger charge is -2.17. The zero-order valence-electron chi connectivity index (χ0n) is 18.4. The van der Waals surface area contributed by atoms with Crippen LogP contribution in [-0.4, -0.2) is 54.3 Å². The van der Waals surface area contributed by atoms with Crippen LogP contribution >= 0.6 is 0 Å². The monoisotopic (exact) mass is 437 g/mol. The number of aryl methyl sites for hydroxylation is 1. The Labute approximate surface area is 190 Å². The van der Waals surface area contributed by atoms with E-state index in [1.165, 1.54) is 12.8 Å². The van der Waals surface area contributed by atoms with Crippen molar-refractivity contribution in [3.8, 4) is 11.3 Å². The molecule has 0 atom stereocenters. The van der Waals surface area contributed by atoms with Crippen molar-refractivity contribution in [1.82, 2.24) is 29.0 Å². The molecule has 8 heteroatoms. The summed E-state index contributed by atoms with van der Waals surface area (Å²) in [6, 6.07) is 7.95. The number of aliphatic imine (C=N–C) groups is 1. The quantitative estimate of drug-likeness (QED) is 0.458. The van der Waals surface area contributed by atoms with Gasteiger partial charge in [0.1, 0.15) is 5.65 Å². The number of amides is 1. The van der Waals surface area contributed by atoms with Gasteiger partial charge in [-0.2, -0.15) is 5.10 Å². The van der Waals surface area contributed by atoms with E-state index < -0.39 is 0 Å². The van der Waals surface area contributed by atoms with Gasteiger partial charge in [-0.15, -0.1) is 0 Å². The van der Waals surface area contributed by atoms with E-state index in [0.29, 0.717) is 24.7 Å². The molecule has 8 nitrogen and oxygen atoms in total. The van der Waals surface area contributed by atoms with Crippen molar-refractivity contribution >= 4 is 17.3 Å². The lowest BCUT2D eigenvalue weighted by Crippen LogP contribution is -2.29. The summed E-state index contributed by atoms with van der Waals surface area (Å²) in [5, 5.41) is 4.94. The molecular weight excluding hydrogens is 414 g/mol. The highest BCUT2D eigenvalue weighted by molar-refractivity contribution is 6.16. The number of imidazole rings is 1. The highest BCUT2D eigenvalue weighted by atomic mass is 16.2. The van der Waals surface area contributed by atoms with Crippen molar-refractivity contribution in [3.05, 3.63) is 71.1 Å². The Kier molecular flexibility index (Phi) is 3.88. The summed E-state index contributed by atoms with van der Waals surface area (Å²) in [4.78, 5) is 29.6. The van der Waals surface area contributed by atoms with Gasteiger partial charge in [0.05, 0.1) is 29.3 Å². The molecular formula is C25H23N7O. The molecule has 0 radical (unpaired) electrons. The Morgan fingerprint density at radius 3 is 2.91 bits per heavy atom. The summed E-state index contributed by atoms with van der Waals surface area (Å²) in [6.07, 6.45) is 9.13. The van der Waals surface area contributed by atoms with Gasteiger partial charge in [-0.1, -0.05) is 6.07 Å². The van der Waals surface area contributed by atoms with Gasteiger partial charge in [0.25, 0.3) is 5.91 Å². The number of aromatic nitrogens is 5. The van der Waals surface area contributed by atoms with E-state index >= 15 is 0 Å². The first kappa shape index (κ1) is 18.7. The van der Waals surface area contributed by atoms with Gasteiger partial charge >= 0.3 is 0 Å². The van der Waals surface area contributed by atoms with Crippen molar-refractivity contribution in [2.75, 3.05) is 13.6 Å². The maximum absolute atomic E-state index is 13.5. The van der Waals surface area contributed by atoms with E-state index in [1.54, 1.807) is 4.90 Å². The van der Waals surface area contributed by atoms with Crippen molar-refractivity contribution < 1.29 is 4.79 Å². The van der Waals surface area contributed by atoms with Crippen molar-refractivity contribution in [3.63, 3.8) is 0 Å². The highest BCUT2D eigenvalue weighted by Gasteiger charge is 2.33. The number of rotatable bonds is 1. The Morgan fingerprint density at radius 1 is 1.12 bits per heavy atom. The average molecular weight is 438 g/mol. The minimum atomic E-state index is -0.0834. The number of pyridine rings is 2. The minimum absolute atomic E-state index is 0.0834. The molecule has 0 saturated heterocycles. The smallest absolute Gasteiger partial charge is 0.274 e. The van der Waals surface area contributed by atoms with Crippen molar-refractivity contribution in [1.29, 1.82) is 0 Å². The van der Waals surface area contributed by atoms with Crippen LogP contribution in [0.15, 0.2) is 47.8 Å². The molecule has 2 aliphatic heterocycles. The summed E-state index contributed by atoms with van der Waals surface area (Å²) < 4.78 is 4.01. The van der Waals surface area contributed by atoms with Crippen LogP contribution in [0.2, 0.25) is 0 Å². The first-order chi connectivity index (χ1) is 16.2. The van der Waals surface area contributed by atoms with Crippen LogP contribution in [0.3, 0.4) is 0 Å². The van der Waals surface area contributed by atoms with E-state index in [2.05, 4.69) is 12.3 Å². The van der Waals surface area contributed by atoms with Gasteiger partial charge in [0.15, 0.2) is 5.69 Å². The van der Waals surface area contributed by atoms with Gasteiger partial charge < -0.3 is 4.90 Å². The molecule has 0 aromatic carbocycles. The second-order valence-electron chi connectivity index (χ2n) is 9.17. The molecule has 1 fully saturated rings. The molecule has 33 heavy (non-hydrogen) atoms. The number of fused-ring (bicyclic) bond motifs is 8. The summed E-state index contributed by atoms with van der Waals surface area (Å²) >= 11 is 0. The minimum Gasteiger partial charge on any atom is -0.340 e. The third-order valence-electron chi connectivity index (χ3n) is 6.86. The fourth-order valence-corrected chi connectivity index (χ4v) is 4.99. The third-order valence-corrected chi connectivity index (χ3v) is 6.86. The van der Waals surface area contributed by atoms with Crippen LogP contribution in [0.25, 0.3) is 16.9 Å². The summed E-state index contributed by atoms with van der Waals surface area (Å²) in [5.74, 6) is 0.439. The van der Waals surface area contributed by atoms with Crippen LogP contribution in [0.5, 0.6) is 0 Å². The van der Waals surface area contributed by atoms with Gasteiger partial charge in [0, 0.05) is 61.3 Å². The molecule has 1 amide bonds. The topological polar surface area (TPSA) is 80.7 Å². The Hall–Kier alpha value is -3.81. The fourth-order valence-electron chi connectivity index (χ4n) is 4.99. The Bertz CT molecular complexity index is 1470. The average Bonchev–Trinajstić information content (AvgIpc) is 3.28. The van der Waals surface area contributed by atoms with E-state index in [9.17, 15) is 4.79 Å². The highest BCUT2D eigenvalue weighted by Crippen LogP contribution is 2.42. The van der Waals surface area contributed by atoms with Crippen LogP contribution in [0.1, 0.15) is 58.2 Å². The van der Waals surface area contributed by atoms with E-state index in [4.69, 9.17) is 20.1 Å². The lowest BCUT2D eigenvalue weighted by atomic mass is 9.99. The molecule has 7 rings (SSSR count). The van der Waals surface area contributed by atoms with Crippen LogP contribution in [0.4, 0.5) is 0 Å². The molecule has 4 aromatic rings. The predicted octanol–water partition coefficient (Wildman–Crippen LogP) is 3.30. The summed E-state index contributed by atoms with van der Waals surface area (Å²) in [6.45, 7) is 1.96. The third kappa shape index (κ3) is 2.86. The summed E-state index contributed by atoms with van der Waals surface area (Å²) in [5.41, 5.74) is 8.11. The zero-order valence-corrected chi connectivity index (χ0v) is 18.4. The van der Waals surface area contributed by atoms with Crippen molar-refractivity contribution in [2.45, 2.75) is 38.3 Å². The fraction of sp³-hybridized carbons (Fsp3) is 0.320. The van der Waals surface area contributed by atoms with Gasteiger partial charge in [-0.3, -0.25) is 23.9 Å². The van der Waals surface area contributed by atoms with Crippen LogP contribution < -0.4 is 0 Å². The Balaban J connectivity index is 1.48. The molecule has 4 aromatic heterocycles. The first-order valence-corrected chi connectivity index (χ1v) is 11.5. The lowest BCUT2D eigenvalue weighted by molar-refractivity contribution is 0.0787. The molecule has 0 N–H and O–H groups in total. The van der Waals surface area contributed by atoms with Crippen molar-refractivity contribution in [2.24, 2.45) is 4.99 Å². The molecule has 1 aliphatic carbocycles. The molecule has 4 bridgehead atoms. The number of carbonyl (C=O) groups is 1. The SMILES string of the molecule is CN1CCCn2cc(c(C3CC3)n2)C2=NCc3ncc(cc32)-c2c(nc3ccccn23)C1=O. The van der Waals surface area contributed by atoms with E-state index in [-0.39, 0.29) is 5.91 Å². The maximum Gasteiger partial charge on any atom is 0.274 e. The molecule has 0 spiro atoms. The molecule has 0 unspecified atom stereocenters. The standard InChI is InChI=1S/C25H23N7O/c1-30-8-4-9-31-14-18(21(29-31)15-6-7-15)22-17-11-16(12-26-19(17)13-27-22)24-23(25(30)33)28-20-5-2-3-10-32(20)24/h2-3,5,10-12,14-15H,4,6-9,13H2,1H3. The predicted molar refractivity (Wildman–Crippen MR) is 124 cm³/mol. The zero-order chi connectivity index (χ0) is 22.1. The van der Waals surface area contributed by atoms with Gasteiger partial charge in [-0.25, -0.2) is 4.98 Å². The first-order valence-electron chi connectivity index (χ1n) is 11.5. The molecule has 6 heterocycles. The van der Waals surface area contributed by atoms with E-state index in [0.717, 1.165) is 58.1 Å². The Morgan fingerprint density at radius 2 is 2.03 bits per heavy atom. The van der Waals surface area contributed by atoms with Crippen LogP contribution in [-0.2, 0) is 13.1 Å². The number of hydrogen-bond acceptors (Lipinski definition) is 5. The number of nitrogens with zero attached hydrogens (tertiary/aromatic N) is 7. The number of hydrogen-bond donors (Lipinski definition) is 0. The van der Waals surface area contributed by atoms with Gasteiger partial charge in [0.2, 0.25) is 0 Å². The molecule has 164 valence electrons. The van der Waals surface area contributed by atoms with Gasteiger partial charge in [-0.05, 0) is 37.5 Å². The maximum atomic E-state index is 13.5. The largest absolute Gasteiger partial charge is 0.340 e. The van der Waals surface area contributed by atoms with Crippen LogP contribution in [0, 0.1) is 0 Å². The summed E-state index contributed by atoms with van der Waals surface area (Å²) in [7, 11) is 1.85.